The summed E-state index contributed by atoms with van der Waals surface area (Å²) < 4.78 is 18.4. The number of aromatic nitrogens is 1. The van der Waals surface area contributed by atoms with Crippen molar-refractivity contribution >= 4 is 34.3 Å². The molecule has 2 aliphatic heterocycles. The molecule has 7 rings (SSSR count). The summed E-state index contributed by atoms with van der Waals surface area (Å²) in [6.07, 6.45) is 3.62. The van der Waals surface area contributed by atoms with Crippen LogP contribution in [0.25, 0.3) is 10.9 Å². The molecular formula is C31H36ClNO7. The first-order valence-corrected chi connectivity index (χ1v) is 14.5. The van der Waals surface area contributed by atoms with Gasteiger partial charge in [0.15, 0.2) is 28.9 Å². The molecule has 2 aromatic rings. The molecule has 0 unspecified atom stereocenters. The second-order valence-electron chi connectivity index (χ2n) is 13.8. The Morgan fingerprint density at radius 2 is 1.95 bits per heavy atom. The highest BCUT2D eigenvalue weighted by Gasteiger charge is 2.74. The number of fused-ring (bicyclic) bond motifs is 9. The Hall–Kier alpha value is -2.23. The lowest BCUT2D eigenvalue weighted by Crippen LogP contribution is -2.74. The number of esters is 1. The van der Waals surface area contributed by atoms with Crippen LogP contribution < -0.4 is 0 Å². The first kappa shape index (κ1) is 26.7. The lowest BCUT2D eigenvalue weighted by Gasteiger charge is -2.67. The molecule has 2 saturated carbocycles. The standard InChI is InChI=1S/C31H36ClNO7/c1-26(2,36)25(35)40-27(3)15-38-31-11-10-28(4)29(5)16(8-9-30(28,37)22(31)14-21(34)24(27)39-31)12-19-18-7-6-17(32)13-20(18)33-23(19)29/h6-7,13-14,16,24,33,36-37H,8-12,15H2,1-5H3/t16-,24-,27-,28+,29+,30+,31-/m1/s1. The summed E-state index contributed by atoms with van der Waals surface area (Å²) in [5.41, 5.74) is -1.63. The first-order chi connectivity index (χ1) is 18.6. The maximum absolute atomic E-state index is 13.6. The number of rotatable bonds is 2. The fraction of sp³-hybridized carbons (Fsp3) is 0.613. The summed E-state index contributed by atoms with van der Waals surface area (Å²) in [6.45, 7) is 8.55. The Kier molecular flexibility index (Phi) is 5.18. The molecule has 1 spiro atoms. The maximum Gasteiger partial charge on any atom is 0.338 e. The van der Waals surface area contributed by atoms with Gasteiger partial charge in [0.25, 0.3) is 0 Å². The number of benzene rings is 1. The summed E-state index contributed by atoms with van der Waals surface area (Å²) >= 11 is 6.32. The van der Waals surface area contributed by atoms with Gasteiger partial charge in [0.2, 0.25) is 0 Å². The van der Waals surface area contributed by atoms with E-state index in [1.807, 2.05) is 12.1 Å². The van der Waals surface area contributed by atoms with E-state index in [1.54, 1.807) is 6.92 Å². The molecule has 0 radical (unpaired) electrons. The highest BCUT2D eigenvalue weighted by atomic mass is 35.5. The van der Waals surface area contributed by atoms with Gasteiger partial charge in [0.1, 0.15) is 0 Å². The molecule has 1 aromatic heterocycles. The minimum absolute atomic E-state index is 0.0951. The average Bonchev–Trinajstić information content (AvgIpc) is 3.37. The fourth-order valence-corrected chi connectivity index (χ4v) is 8.86. The zero-order valence-corrected chi connectivity index (χ0v) is 24.3. The van der Waals surface area contributed by atoms with E-state index in [9.17, 15) is 19.8 Å². The summed E-state index contributed by atoms with van der Waals surface area (Å²) in [5, 5.41) is 24.8. The van der Waals surface area contributed by atoms with Crippen molar-refractivity contribution in [3.63, 3.8) is 0 Å². The van der Waals surface area contributed by atoms with Crippen molar-refractivity contribution < 1.29 is 34.0 Å². The van der Waals surface area contributed by atoms with Gasteiger partial charge in [0, 0.05) is 44.4 Å². The number of hydrogen-bond acceptors (Lipinski definition) is 7. The SMILES string of the molecule is CC(C)(O)C(=O)O[C@]1(C)CO[C@@]23CC[C@]4(C)[C@](O)(CC[C@@H]5Cc6c([nH]c7cc(Cl)ccc67)[C@]54C)C2=CC(=O)[C@H]1O3. The monoisotopic (exact) mass is 569 g/mol. The van der Waals surface area contributed by atoms with Crippen LogP contribution in [0.4, 0.5) is 0 Å². The number of ether oxygens (including phenoxy) is 3. The van der Waals surface area contributed by atoms with Crippen LogP contribution in [0.3, 0.4) is 0 Å². The lowest BCUT2D eigenvalue weighted by molar-refractivity contribution is -0.351. The smallest absolute Gasteiger partial charge is 0.338 e. The largest absolute Gasteiger partial charge is 0.451 e. The Morgan fingerprint density at radius 1 is 1.20 bits per heavy atom. The number of aromatic amines is 1. The van der Waals surface area contributed by atoms with Gasteiger partial charge in [-0.1, -0.05) is 31.5 Å². The van der Waals surface area contributed by atoms with Crippen LogP contribution in [0.1, 0.15) is 71.6 Å². The van der Waals surface area contributed by atoms with Crippen molar-refractivity contribution in [2.45, 2.75) is 101 Å². The van der Waals surface area contributed by atoms with E-state index in [2.05, 4.69) is 24.9 Å². The quantitative estimate of drug-likeness (QED) is 0.462. The van der Waals surface area contributed by atoms with Crippen LogP contribution in [0.15, 0.2) is 29.8 Å². The van der Waals surface area contributed by atoms with Gasteiger partial charge in [-0.3, -0.25) is 4.79 Å². The summed E-state index contributed by atoms with van der Waals surface area (Å²) in [4.78, 5) is 29.9. The molecule has 2 bridgehead atoms. The molecular weight excluding hydrogens is 534 g/mol. The molecule has 1 aromatic carbocycles. The van der Waals surface area contributed by atoms with Gasteiger partial charge >= 0.3 is 5.97 Å². The molecule has 0 amide bonds. The number of aliphatic hydroxyl groups is 2. The number of nitrogens with one attached hydrogen (secondary N) is 1. The predicted molar refractivity (Wildman–Crippen MR) is 147 cm³/mol. The molecule has 1 saturated heterocycles. The van der Waals surface area contributed by atoms with Crippen LogP contribution in [0.2, 0.25) is 5.02 Å². The van der Waals surface area contributed by atoms with E-state index < -0.39 is 45.5 Å². The van der Waals surface area contributed by atoms with Gasteiger partial charge in [-0.2, -0.15) is 0 Å². The summed E-state index contributed by atoms with van der Waals surface area (Å²) in [5.74, 6) is -2.19. The number of carbonyl (C=O) groups is 2. The fourth-order valence-electron chi connectivity index (χ4n) is 8.69. The molecule has 3 heterocycles. The van der Waals surface area contributed by atoms with Crippen molar-refractivity contribution in [2.24, 2.45) is 11.3 Å². The van der Waals surface area contributed by atoms with E-state index in [0.717, 1.165) is 24.1 Å². The number of H-pyrrole nitrogens is 1. The second-order valence-corrected chi connectivity index (χ2v) is 14.2. The summed E-state index contributed by atoms with van der Waals surface area (Å²) in [6, 6.07) is 5.95. The highest BCUT2D eigenvalue weighted by Crippen LogP contribution is 2.71. The topological polar surface area (TPSA) is 118 Å². The second kappa shape index (κ2) is 7.78. The van der Waals surface area contributed by atoms with Gasteiger partial charge in [-0.05, 0) is 76.1 Å². The van der Waals surface area contributed by atoms with E-state index in [0.29, 0.717) is 35.8 Å². The molecule has 3 fully saturated rings. The minimum atomic E-state index is -1.74. The van der Waals surface area contributed by atoms with Crippen LogP contribution >= 0.6 is 11.6 Å². The van der Waals surface area contributed by atoms with Crippen molar-refractivity contribution in [1.29, 1.82) is 0 Å². The van der Waals surface area contributed by atoms with Crippen molar-refractivity contribution in [2.75, 3.05) is 6.61 Å². The van der Waals surface area contributed by atoms with E-state index in [4.69, 9.17) is 25.8 Å². The van der Waals surface area contributed by atoms with Crippen LogP contribution in [0, 0.1) is 11.3 Å². The zero-order valence-electron chi connectivity index (χ0n) is 23.5. The third-order valence-electron chi connectivity index (χ3n) is 11.2. The zero-order chi connectivity index (χ0) is 28.7. The molecule has 7 atom stereocenters. The third-order valence-corrected chi connectivity index (χ3v) is 11.4. The van der Waals surface area contributed by atoms with Crippen molar-refractivity contribution in [3.05, 3.63) is 46.1 Å². The first-order valence-electron chi connectivity index (χ1n) is 14.2. The Bertz CT molecular complexity index is 1520. The summed E-state index contributed by atoms with van der Waals surface area (Å²) in [7, 11) is 0. The lowest BCUT2D eigenvalue weighted by atomic mass is 9.42. The van der Waals surface area contributed by atoms with E-state index in [-0.39, 0.29) is 12.4 Å². The Labute approximate surface area is 238 Å². The van der Waals surface area contributed by atoms with Gasteiger partial charge in [-0.15, -0.1) is 0 Å². The predicted octanol–water partition coefficient (Wildman–Crippen LogP) is 4.27. The van der Waals surface area contributed by atoms with Crippen LogP contribution in [-0.2, 0) is 35.6 Å². The number of carbonyl (C=O) groups excluding carboxylic acids is 2. The highest BCUT2D eigenvalue weighted by molar-refractivity contribution is 6.31. The van der Waals surface area contributed by atoms with Crippen molar-refractivity contribution in [1.82, 2.24) is 4.98 Å². The molecule has 8 nitrogen and oxygen atoms in total. The van der Waals surface area contributed by atoms with Gasteiger partial charge < -0.3 is 29.4 Å². The Morgan fingerprint density at radius 3 is 2.67 bits per heavy atom. The van der Waals surface area contributed by atoms with Crippen LogP contribution in [0.5, 0.6) is 0 Å². The minimum Gasteiger partial charge on any atom is -0.451 e. The van der Waals surface area contributed by atoms with Gasteiger partial charge in [-0.25, -0.2) is 4.79 Å². The molecule has 40 heavy (non-hydrogen) atoms. The van der Waals surface area contributed by atoms with E-state index >= 15 is 0 Å². The Balaban J connectivity index is 1.31. The average molecular weight is 570 g/mol. The number of ketones is 1. The van der Waals surface area contributed by atoms with Crippen LogP contribution in [-0.4, -0.2) is 62.3 Å². The van der Waals surface area contributed by atoms with E-state index in [1.165, 1.54) is 30.9 Å². The normalized spacial score (nSPS) is 42.0. The molecule has 3 aliphatic carbocycles. The molecule has 214 valence electrons. The number of halogens is 1. The number of hydrogen-bond donors (Lipinski definition) is 3. The maximum atomic E-state index is 13.6. The van der Waals surface area contributed by atoms with Gasteiger partial charge in [0.05, 0.1) is 12.2 Å². The molecule has 9 heteroatoms. The molecule has 3 N–H and O–H groups in total. The van der Waals surface area contributed by atoms with Crippen molar-refractivity contribution in [3.8, 4) is 0 Å². The molecule has 5 aliphatic rings. The third kappa shape index (κ3) is 3.07.